The Balaban J connectivity index is 2.29. The fraction of sp³-hybridized carbons (Fsp3) is 0.647. The standard InChI is InChI=1S/C17H25F3O3/c1-12(2)22-11-16(21)9-4-13(3)23-10-14-5-7-15(8-6-14)17(18,19)20/h5-8,12-13,16,21H,4,9-11H2,1-3H3. The Hall–Kier alpha value is -1.11. The number of alkyl halides is 3. The highest BCUT2D eigenvalue weighted by molar-refractivity contribution is 5.24. The highest BCUT2D eigenvalue weighted by atomic mass is 19.4. The van der Waals surface area contributed by atoms with Gasteiger partial charge < -0.3 is 14.6 Å². The van der Waals surface area contributed by atoms with Crippen LogP contribution in [0.1, 0.15) is 44.7 Å². The molecule has 0 amide bonds. The van der Waals surface area contributed by atoms with Gasteiger partial charge in [0.2, 0.25) is 0 Å². The van der Waals surface area contributed by atoms with Crippen molar-refractivity contribution in [1.82, 2.24) is 0 Å². The number of ether oxygens (including phenoxy) is 2. The lowest BCUT2D eigenvalue weighted by Crippen LogP contribution is -2.20. The predicted molar refractivity (Wildman–Crippen MR) is 82.0 cm³/mol. The second-order valence-electron chi connectivity index (χ2n) is 5.93. The van der Waals surface area contributed by atoms with Gasteiger partial charge in [0.05, 0.1) is 37.1 Å². The molecule has 0 fully saturated rings. The van der Waals surface area contributed by atoms with Gasteiger partial charge in [-0.25, -0.2) is 0 Å². The molecule has 0 aliphatic carbocycles. The smallest absolute Gasteiger partial charge is 0.391 e. The molecule has 0 aliphatic rings. The van der Waals surface area contributed by atoms with Crippen LogP contribution in [-0.4, -0.2) is 30.0 Å². The summed E-state index contributed by atoms with van der Waals surface area (Å²) in [5.41, 5.74) is 0.0242. The van der Waals surface area contributed by atoms with E-state index in [1.165, 1.54) is 12.1 Å². The van der Waals surface area contributed by atoms with Gasteiger partial charge in [-0.2, -0.15) is 13.2 Å². The Morgan fingerprint density at radius 2 is 1.61 bits per heavy atom. The van der Waals surface area contributed by atoms with Crippen LogP contribution in [-0.2, 0) is 22.3 Å². The van der Waals surface area contributed by atoms with Crippen LogP contribution in [0.2, 0.25) is 0 Å². The molecule has 1 N–H and O–H groups in total. The molecule has 0 saturated heterocycles. The fourth-order valence-electron chi connectivity index (χ4n) is 1.93. The minimum absolute atomic E-state index is 0.0815. The zero-order valence-corrected chi connectivity index (χ0v) is 13.8. The summed E-state index contributed by atoms with van der Waals surface area (Å²) in [7, 11) is 0. The van der Waals surface area contributed by atoms with Crippen LogP contribution < -0.4 is 0 Å². The van der Waals surface area contributed by atoms with Crippen LogP contribution in [0.5, 0.6) is 0 Å². The quantitative estimate of drug-likeness (QED) is 0.736. The SMILES string of the molecule is CC(C)OCC(O)CCC(C)OCc1ccc(C(F)(F)F)cc1. The molecule has 2 unspecified atom stereocenters. The number of aliphatic hydroxyl groups excluding tert-OH is 1. The lowest BCUT2D eigenvalue weighted by molar-refractivity contribution is -0.137. The fourth-order valence-corrected chi connectivity index (χ4v) is 1.93. The first-order chi connectivity index (χ1) is 10.7. The molecule has 1 aromatic carbocycles. The molecular formula is C17H25F3O3. The number of benzene rings is 1. The van der Waals surface area contributed by atoms with Crippen LogP contribution in [0.25, 0.3) is 0 Å². The summed E-state index contributed by atoms with van der Waals surface area (Å²) in [6.45, 7) is 6.23. The molecule has 2 atom stereocenters. The van der Waals surface area contributed by atoms with E-state index < -0.39 is 17.8 Å². The van der Waals surface area contributed by atoms with Gasteiger partial charge in [-0.05, 0) is 51.3 Å². The van der Waals surface area contributed by atoms with Crippen molar-refractivity contribution in [3.05, 3.63) is 35.4 Å². The van der Waals surface area contributed by atoms with Crippen molar-refractivity contribution in [2.24, 2.45) is 0 Å². The molecule has 0 aliphatic heterocycles. The van der Waals surface area contributed by atoms with Crippen molar-refractivity contribution in [2.75, 3.05) is 6.61 Å². The lowest BCUT2D eigenvalue weighted by Gasteiger charge is -2.17. The van der Waals surface area contributed by atoms with Gasteiger partial charge in [-0.1, -0.05) is 12.1 Å². The molecule has 23 heavy (non-hydrogen) atoms. The van der Waals surface area contributed by atoms with E-state index in [0.717, 1.165) is 12.1 Å². The number of hydrogen-bond donors (Lipinski definition) is 1. The van der Waals surface area contributed by atoms with Gasteiger partial charge in [0.1, 0.15) is 0 Å². The molecule has 132 valence electrons. The van der Waals surface area contributed by atoms with E-state index in [1.54, 1.807) is 0 Å². The van der Waals surface area contributed by atoms with Crippen molar-refractivity contribution in [2.45, 2.75) is 64.7 Å². The van der Waals surface area contributed by atoms with Crippen molar-refractivity contribution in [3.8, 4) is 0 Å². The summed E-state index contributed by atoms with van der Waals surface area (Å²) in [6, 6.07) is 4.94. The van der Waals surface area contributed by atoms with Crippen LogP contribution in [0.4, 0.5) is 13.2 Å². The minimum atomic E-state index is -4.32. The molecule has 0 saturated carbocycles. The van der Waals surface area contributed by atoms with Gasteiger partial charge in [-0.3, -0.25) is 0 Å². The number of hydrogen-bond acceptors (Lipinski definition) is 3. The van der Waals surface area contributed by atoms with Crippen molar-refractivity contribution < 1.29 is 27.8 Å². The Bertz CT molecular complexity index is 443. The monoisotopic (exact) mass is 334 g/mol. The first-order valence-corrected chi connectivity index (χ1v) is 7.76. The third kappa shape index (κ3) is 8.34. The lowest BCUT2D eigenvalue weighted by atomic mass is 10.1. The summed E-state index contributed by atoms with van der Waals surface area (Å²) in [5, 5.41) is 9.75. The van der Waals surface area contributed by atoms with E-state index >= 15 is 0 Å². The van der Waals surface area contributed by atoms with Crippen LogP contribution >= 0.6 is 0 Å². The van der Waals surface area contributed by atoms with Gasteiger partial charge in [0.15, 0.2) is 0 Å². The van der Waals surface area contributed by atoms with Gasteiger partial charge in [-0.15, -0.1) is 0 Å². The second-order valence-corrected chi connectivity index (χ2v) is 5.93. The highest BCUT2D eigenvalue weighted by Crippen LogP contribution is 2.29. The van der Waals surface area contributed by atoms with Crippen LogP contribution in [0, 0.1) is 0 Å². The molecular weight excluding hydrogens is 309 g/mol. The first kappa shape index (κ1) is 19.9. The van der Waals surface area contributed by atoms with Crippen LogP contribution in [0.15, 0.2) is 24.3 Å². The summed E-state index contributed by atoms with van der Waals surface area (Å²) in [4.78, 5) is 0. The number of rotatable bonds is 9. The molecule has 1 rings (SSSR count). The molecule has 0 radical (unpaired) electrons. The zero-order valence-electron chi connectivity index (χ0n) is 13.8. The van der Waals surface area contributed by atoms with Crippen molar-refractivity contribution in [1.29, 1.82) is 0 Å². The van der Waals surface area contributed by atoms with Crippen molar-refractivity contribution >= 4 is 0 Å². The highest BCUT2D eigenvalue weighted by Gasteiger charge is 2.29. The second kappa shape index (κ2) is 9.25. The Kier molecular flexibility index (Phi) is 8.02. The van der Waals surface area contributed by atoms with Gasteiger partial charge in [0.25, 0.3) is 0 Å². The van der Waals surface area contributed by atoms with E-state index in [-0.39, 0.29) is 18.8 Å². The molecule has 6 heteroatoms. The Morgan fingerprint density at radius 3 is 2.13 bits per heavy atom. The average Bonchev–Trinajstić information content (AvgIpc) is 2.48. The number of halogens is 3. The minimum Gasteiger partial charge on any atom is -0.391 e. The van der Waals surface area contributed by atoms with Crippen molar-refractivity contribution in [3.63, 3.8) is 0 Å². The average molecular weight is 334 g/mol. The molecule has 1 aromatic rings. The summed E-state index contributed by atoms with van der Waals surface area (Å²) in [6.07, 6.45) is -3.65. The van der Waals surface area contributed by atoms with E-state index in [1.807, 2.05) is 20.8 Å². The molecule has 0 spiro atoms. The maximum Gasteiger partial charge on any atom is 0.416 e. The van der Waals surface area contributed by atoms with E-state index in [2.05, 4.69) is 0 Å². The number of aliphatic hydroxyl groups is 1. The maximum atomic E-state index is 12.5. The van der Waals surface area contributed by atoms with E-state index in [9.17, 15) is 18.3 Å². The maximum absolute atomic E-state index is 12.5. The third-order valence-electron chi connectivity index (χ3n) is 3.34. The molecule has 0 bridgehead atoms. The summed E-state index contributed by atoms with van der Waals surface area (Å²) >= 11 is 0. The Labute approximate surface area is 135 Å². The summed E-state index contributed by atoms with van der Waals surface area (Å²) < 4.78 is 48.3. The van der Waals surface area contributed by atoms with E-state index in [0.29, 0.717) is 25.0 Å². The van der Waals surface area contributed by atoms with Crippen LogP contribution in [0.3, 0.4) is 0 Å². The predicted octanol–water partition coefficient (Wildman–Crippen LogP) is 4.18. The van der Waals surface area contributed by atoms with Gasteiger partial charge >= 0.3 is 6.18 Å². The molecule has 0 aromatic heterocycles. The zero-order chi connectivity index (χ0) is 17.5. The van der Waals surface area contributed by atoms with Gasteiger partial charge in [0, 0.05) is 0 Å². The Morgan fingerprint density at radius 1 is 1.00 bits per heavy atom. The van der Waals surface area contributed by atoms with E-state index in [4.69, 9.17) is 9.47 Å². The topological polar surface area (TPSA) is 38.7 Å². The summed E-state index contributed by atoms with van der Waals surface area (Å²) in [5.74, 6) is 0. The normalized spacial score (nSPS) is 15.0. The molecule has 0 heterocycles. The molecule has 3 nitrogen and oxygen atoms in total. The largest absolute Gasteiger partial charge is 0.416 e. The third-order valence-corrected chi connectivity index (χ3v) is 3.34. The first-order valence-electron chi connectivity index (χ1n) is 7.76.